The van der Waals surface area contributed by atoms with Crippen LogP contribution in [0.15, 0.2) is 35.2 Å². The molecule has 1 aromatic carbocycles. The molecule has 1 N–H and O–H groups in total. The Morgan fingerprint density at radius 2 is 1.89 bits per heavy atom. The zero-order chi connectivity index (χ0) is 12.8. The van der Waals surface area contributed by atoms with Gasteiger partial charge in [-0.15, -0.1) is 11.8 Å². The van der Waals surface area contributed by atoms with Crippen LogP contribution in [-0.2, 0) is 0 Å². The largest absolute Gasteiger partial charge is 0.314 e. The van der Waals surface area contributed by atoms with E-state index in [4.69, 9.17) is 0 Å². The summed E-state index contributed by atoms with van der Waals surface area (Å²) in [6.45, 7) is 6.00. The van der Waals surface area contributed by atoms with Crippen molar-refractivity contribution in [2.45, 2.75) is 30.2 Å². The fourth-order valence-corrected chi connectivity index (χ4v) is 3.26. The Balaban J connectivity index is 1.67. The first kappa shape index (κ1) is 13.9. The van der Waals surface area contributed by atoms with Crippen molar-refractivity contribution < 1.29 is 0 Å². The number of thioether (sulfide) groups is 1. The molecule has 0 atom stereocenters. The summed E-state index contributed by atoms with van der Waals surface area (Å²) in [5.41, 5.74) is 0.364. The quantitative estimate of drug-likeness (QED) is 0.823. The lowest BCUT2D eigenvalue weighted by molar-refractivity contribution is 0.159. The first-order valence-corrected chi connectivity index (χ1v) is 7.79. The van der Waals surface area contributed by atoms with E-state index in [2.05, 4.69) is 54.5 Å². The van der Waals surface area contributed by atoms with Gasteiger partial charge in [0, 0.05) is 22.7 Å². The summed E-state index contributed by atoms with van der Waals surface area (Å²) < 4.78 is 0. The van der Waals surface area contributed by atoms with Crippen molar-refractivity contribution in [1.82, 2.24) is 10.2 Å². The number of rotatable bonds is 5. The summed E-state index contributed by atoms with van der Waals surface area (Å²) in [5.74, 6) is 1.19. The Labute approximate surface area is 115 Å². The molecule has 0 unspecified atom stereocenters. The van der Waals surface area contributed by atoms with Gasteiger partial charge in [0.15, 0.2) is 0 Å². The molecule has 0 radical (unpaired) electrons. The summed E-state index contributed by atoms with van der Waals surface area (Å²) in [5, 5.41) is 3.45. The van der Waals surface area contributed by atoms with Gasteiger partial charge < -0.3 is 10.2 Å². The third-order valence-corrected chi connectivity index (χ3v) is 4.97. The molecule has 1 fully saturated rings. The molecule has 1 aliphatic rings. The van der Waals surface area contributed by atoms with E-state index in [9.17, 15) is 0 Å². The molecule has 3 heteroatoms. The second kappa shape index (κ2) is 6.60. The SMILES string of the molecule is CNC1(C)CCN(CCSc2ccccc2)CC1. The minimum absolute atomic E-state index is 0.364. The van der Waals surface area contributed by atoms with Gasteiger partial charge in [0.05, 0.1) is 0 Å². The second-order valence-electron chi connectivity index (χ2n) is 5.31. The minimum Gasteiger partial charge on any atom is -0.314 e. The molecule has 0 spiro atoms. The summed E-state index contributed by atoms with van der Waals surface area (Å²) in [6.07, 6.45) is 2.53. The molecular weight excluding hydrogens is 240 g/mol. The smallest absolute Gasteiger partial charge is 0.0174 e. The van der Waals surface area contributed by atoms with Crippen LogP contribution in [0.2, 0.25) is 0 Å². The zero-order valence-corrected chi connectivity index (χ0v) is 12.3. The number of nitrogens with zero attached hydrogens (tertiary/aromatic N) is 1. The molecule has 1 heterocycles. The average Bonchev–Trinajstić information content (AvgIpc) is 2.42. The first-order chi connectivity index (χ1) is 8.72. The predicted octanol–water partition coefficient (Wildman–Crippen LogP) is 2.85. The molecule has 1 saturated heterocycles. The van der Waals surface area contributed by atoms with Crippen LogP contribution in [0.1, 0.15) is 19.8 Å². The fraction of sp³-hybridized carbons (Fsp3) is 0.600. The number of hydrogen-bond acceptors (Lipinski definition) is 3. The van der Waals surface area contributed by atoms with Crippen LogP contribution in [0.4, 0.5) is 0 Å². The molecule has 0 amide bonds. The monoisotopic (exact) mass is 264 g/mol. The van der Waals surface area contributed by atoms with Gasteiger partial charge in [0.1, 0.15) is 0 Å². The highest BCUT2D eigenvalue weighted by Crippen LogP contribution is 2.22. The molecular formula is C15H24N2S. The Kier molecular flexibility index (Phi) is 5.10. The topological polar surface area (TPSA) is 15.3 Å². The molecule has 1 aliphatic heterocycles. The Morgan fingerprint density at radius 3 is 2.50 bits per heavy atom. The highest BCUT2D eigenvalue weighted by molar-refractivity contribution is 7.99. The van der Waals surface area contributed by atoms with Crippen molar-refractivity contribution in [1.29, 1.82) is 0 Å². The van der Waals surface area contributed by atoms with Gasteiger partial charge in [-0.3, -0.25) is 0 Å². The van der Waals surface area contributed by atoms with E-state index in [1.165, 1.54) is 43.1 Å². The van der Waals surface area contributed by atoms with Crippen LogP contribution in [0.5, 0.6) is 0 Å². The predicted molar refractivity (Wildman–Crippen MR) is 80.3 cm³/mol. The molecule has 0 aromatic heterocycles. The van der Waals surface area contributed by atoms with Gasteiger partial charge in [-0.05, 0) is 52.0 Å². The third-order valence-electron chi connectivity index (χ3n) is 3.98. The number of hydrogen-bond donors (Lipinski definition) is 1. The zero-order valence-electron chi connectivity index (χ0n) is 11.5. The van der Waals surface area contributed by atoms with E-state index < -0.39 is 0 Å². The molecule has 18 heavy (non-hydrogen) atoms. The lowest BCUT2D eigenvalue weighted by Gasteiger charge is -2.39. The third kappa shape index (κ3) is 4.01. The van der Waals surface area contributed by atoms with Gasteiger partial charge in [-0.2, -0.15) is 0 Å². The van der Waals surface area contributed by atoms with Crippen molar-refractivity contribution in [3.63, 3.8) is 0 Å². The summed E-state index contributed by atoms with van der Waals surface area (Å²) in [7, 11) is 2.08. The van der Waals surface area contributed by atoms with Crippen LogP contribution in [0.3, 0.4) is 0 Å². The van der Waals surface area contributed by atoms with Crippen LogP contribution in [0.25, 0.3) is 0 Å². The highest BCUT2D eigenvalue weighted by Gasteiger charge is 2.27. The molecule has 100 valence electrons. The summed E-state index contributed by atoms with van der Waals surface area (Å²) in [6, 6.07) is 10.7. The summed E-state index contributed by atoms with van der Waals surface area (Å²) in [4.78, 5) is 3.98. The lowest BCUT2D eigenvalue weighted by atomic mass is 9.90. The van der Waals surface area contributed by atoms with E-state index in [1.54, 1.807) is 0 Å². The molecule has 2 rings (SSSR count). The summed E-state index contributed by atoms with van der Waals surface area (Å²) >= 11 is 1.96. The number of benzene rings is 1. The van der Waals surface area contributed by atoms with Crippen LogP contribution in [-0.4, -0.2) is 42.9 Å². The van der Waals surface area contributed by atoms with E-state index >= 15 is 0 Å². The first-order valence-electron chi connectivity index (χ1n) is 6.81. The van der Waals surface area contributed by atoms with Crippen LogP contribution < -0.4 is 5.32 Å². The van der Waals surface area contributed by atoms with Crippen molar-refractivity contribution in [3.8, 4) is 0 Å². The average molecular weight is 264 g/mol. The normalized spacial score (nSPS) is 19.9. The molecule has 1 aromatic rings. The Morgan fingerprint density at radius 1 is 1.22 bits per heavy atom. The lowest BCUT2D eigenvalue weighted by Crippen LogP contribution is -2.50. The number of piperidine rings is 1. The van der Waals surface area contributed by atoms with Crippen LogP contribution >= 0.6 is 11.8 Å². The Hall–Kier alpha value is -0.510. The number of likely N-dealkylation sites (tertiary alicyclic amines) is 1. The molecule has 0 aliphatic carbocycles. The van der Waals surface area contributed by atoms with Crippen molar-refractivity contribution in [3.05, 3.63) is 30.3 Å². The Bertz CT molecular complexity index is 345. The van der Waals surface area contributed by atoms with Crippen molar-refractivity contribution in [2.24, 2.45) is 0 Å². The van der Waals surface area contributed by atoms with E-state index in [0.29, 0.717) is 5.54 Å². The molecule has 0 saturated carbocycles. The molecule has 0 bridgehead atoms. The van der Waals surface area contributed by atoms with Crippen LogP contribution in [0, 0.1) is 0 Å². The van der Waals surface area contributed by atoms with Crippen molar-refractivity contribution in [2.75, 3.05) is 32.4 Å². The van der Waals surface area contributed by atoms with Gasteiger partial charge in [0.25, 0.3) is 0 Å². The van der Waals surface area contributed by atoms with E-state index in [0.717, 1.165) is 0 Å². The molecule has 2 nitrogen and oxygen atoms in total. The van der Waals surface area contributed by atoms with Gasteiger partial charge in [-0.25, -0.2) is 0 Å². The van der Waals surface area contributed by atoms with E-state index in [1.807, 2.05) is 11.8 Å². The van der Waals surface area contributed by atoms with E-state index in [-0.39, 0.29) is 0 Å². The van der Waals surface area contributed by atoms with Gasteiger partial charge in [-0.1, -0.05) is 18.2 Å². The maximum Gasteiger partial charge on any atom is 0.0174 e. The maximum absolute atomic E-state index is 3.45. The minimum atomic E-state index is 0.364. The highest BCUT2D eigenvalue weighted by atomic mass is 32.2. The standard InChI is InChI=1S/C15H24N2S/c1-15(16-2)8-10-17(11-9-15)12-13-18-14-6-4-3-5-7-14/h3-7,16H,8-13H2,1-2H3. The fourth-order valence-electron chi connectivity index (χ4n) is 2.33. The second-order valence-corrected chi connectivity index (χ2v) is 6.48. The van der Waals surface area contributed by atoms with Gasteiger partial charge >= 0.3 is 0 Å². The van der Waals surface area contributed by atoms with Crippen molar-refractivity contribution >= 4 is 11.8 Å². The number of nitrogens with one attached hydrogen (secondary N) is 1. The maximum atomic E-state index is 3.45. The van der Waals surface area contributed by atoms with Gasteiger partial charge in [0.2, 0.25) is 0 Å².